The van der Waals surface area contributed by atoms with E-state index in [1.165, 1.54) is 17.4 Å². The van der Waals surface area contributed by atoms with Gasteiger partial charge in [0.05, 0.1) is 18.2 Å². The number of carbonyl (C=O) groups excluding carboxylic acids is 1. The summed E-state index contributed by atoms with van der Waals surface area (Å²) in [6.07, 6.45) is 0.251. The molecule has 8 heteroatoms. The number of methoxy groups -OCH3 is 1. The Morgan fingerprint density at radius 3 is 2.40 bits per heavy atom. The first kappa shape index (κ1) is 24.1. The van der Waals surface area contributed by atoms with Crippen LogP contribution in [0.15, 0.2) is 42.5 Å². The van der Waals surface area contributed by atoms with Gasteiger partial charge in [0.15, 0.2) is 5.13 Å². The highest BCUT2D eigenvalue weighted by Gasteiger charge is 2.21. The van der Waals surface area contributed by atoms with E-state index in [9.17, 15) is 9.18 Å². The molecular formula is C22H27ClFN3O2S. The highest BCUT2D eigenvalue weighted by Crippen LogP contribution is 2.30. The van der Waals surface area contributed by atoms with Gasteiger partial charge in [-0.3, -0.25) is 9.69 Å². The molecule has 1 heterocycles. The van der Waals surface area contributed by atoms with Gasteiger partial charge in [-0.1, -0.05) is 43.4 Å². The predicted octanol–water partition coefficient (Wildman–Crippen LogP) is 4.78. The van der Waals surface area contributed by atoms with Crippen LogP contribution in [0.4, 0.5) is 9.52 Å². The lowest BCUT2D eigenvalue weighted by molar-refractivity contribution is -0.118. The van der Waals surface area contributed by atoms with E-state index in [-0.39, 0.29) is 30.6 Å². The number of hydrogen-bond acceptors (Lipinski definition) is 5. The zero-order chi connectivity index (χ0) is 20.8. The molecule has 0 saturated heterocycles. The van der Waals surface area contributed by atoms with E-state index in [4.69, 9.17) is 4.74 Å². The van der Waals surface area contributed by atoms with E-state index < -0.39 is 0 Å². The molecule has 3 aromatic rings. The van der Waals surface area contributed by atoms with Crippen molar-refractivity contribution in [2.45, 2.75) is 20.3 Å². The fourth-order valence-electron chi connectivity index (χ4n) is 3.14. The molecule has 0 saturated carbocycles. The minimum atomic E-state index is -0.365. The molecule has 2 aromatic carbocycles. The summed E-state index contributed by atoms with van der Waals surface area (Å²) in [5.74, 6) is 0.333. The first-order valence-corrected chi connectivity index (χ1v) is 10.6. The number of anilines is 1. The Kier molecular flexibility index (Phi) is 9.02. The van der Waals surface area contributed by atoms with Crippen LogP contribution in [0, 0.1) is 5.82 Å². The molecule has 1 amide bonds. The van der Waals surface area contributed by atoms with Crippen molar-refractivity contribution in [3.63, 3.8) is 0 Å². The summed E-state index contributed by atoms with van der Waals surface area (Å²) in [7, 11) is 1.61. The number of nitrogens with zero attached hydrogens (tertiary/aromatic N) is 3. The van der Waals surface area contributed by atoms with Crippen LogP contribution in [0.2, 0.25) is 0 Å². The quantitative estimate of drug-likeness (QED) is 0.469. The summed E-state index contributed by atoms with van der Waals surface area (Å²) in [4.78, 5) is 21.5. The van der Waals surface area contributed by atoms with E-state index in [2.05, 4.69) is 23.7 Å². The second kappa shape index (κ2) is 11.2. The number of carbonyl (C=O) groups is 1. The van der Waals surface area contributed by atoms with E-state index in [0.717, 1.165) is 35.6 Å². The van der Waals surface area contributed by atoms with Crippen LogP contribution in [0.1, 0.15) is 19.4 Å². The van der Waals surface area contributed by atoms with Gasteiger partial charge in [0.2, 0.25) is 5.91 Å². The van der Waals surface area contributed by atoms with Crippen molar-refractivity contribution in [3.05, 3.63) is 53.8 Å². The molecule has 0 radical (unpaired) electrons. The number of amides is 1. The molecule has 0 atom stereocenters. The van der Waals surface area contributed by atoms with Crippen molar-refractivity contribution in [2.75, 3.05) is 38.2 Å². The molecule has 5 nitrogen and oxygen atoms in total. The Bertz CT molecular complexity index is 961. The average Bonchev–Trinajstić information content (AvgIpc) is 3.17. The molecular weight excluding hydrogens is 425 g/mol. The number of aromatic nitrogens is 1. The topological polar surface area (TPSA) is 45.7 Å². The molecule has 3 rings (SSSR count). The third kappa shape index (κ3) is 5.68. The highest BCUT2D eigenvalue weighted by molar-refractivity contribution is 7.22. The largest absolute Gasteiger partial charge is 0.497 e. The minimum absolute atomic E-state index is 0. The smallest absolute Gasteiger partial charge is 0.233 e. The molecule has 0 fully saturated rings. The van der Waals surface area contributed by atoms with E-state index in [0.29, 0.717) is 17.2 Å². The highest BCUT2D eigenvalue weighted by atomic mass is 35.5. The zero-order valence-corrected chi connectivity index (χ0v) is 19.1. The van der Waals surface area contributed by atoms with Gasteiger partial charge < -0.3 is 9.64 Å². The fraction of sp³-hybridized carbons (Fsp3) is 0.364. The number of likely N-dealkylation sites (N-methyl/N-ethyl adjacent to an activating group) is 1. The van der Waals surface area contributed by atoms with Gasteiger partial charge in [-0.15, -0.1) is 12.4 Å². The Labute approximate surface area is 186 Å². The molecule has 0 aliphatic rings. The van der Waals surface area contributed by atoms with Crippen molar-refractivity contribution in [3.8, 4) is 5.75 Å². The van der Waals surface area contributed by atoms with Crippen molar-refractivity contribution in [2.24, 2.45) is 0 Å². The molecule has 0 aliphatic carbocycles. The monoisotopic (exact) mass is 451 g/mol. The number of fused-ring (bicyclic) bond motifs is 1. The van der Waals surface area contributed by atoms with E-state index in [1.54, 1.807) is 18.1 Å². The number of ether oxygens (including phenoxy) is 1. The van der Waals surface area contributed by atoms with Crippen LogP contribution in [-0.2, 0) is 11.2 Å². The maximum Gasteiger partial charge on any atom is 0.233 e. The van der Waals surface area contributed by atoms with Gasteiger partial charge >= 0.3 is 0 Å². The summed E-state index contributed by atoms with van der Waals surface area (Å²) in [5, 5.41) is 0.538. The number of para-hydroxylation sites is 1. The molecule has 162 valence electrons. The molecule has 30 heavy (non-hydrogen) atoms. The van der Waals surface area contributed by atoms with Gasteiger partial charge in [-0.05, 0) is 42.9 Å². The molecule has 1 aromatic heterocycles. The molecule has 0 bridgehead atoms. The Morgan fingerprint density at radius 1 is 1.10 bits per heavy atom. The number of benzene rings is 2. The second-order valence-electron chi connectivity index (χ2n) is 6.68. The van der Waals surface area contributed by atoms with Crippen molar-refractivity contribution in [1.29, 1.82) is 0 Å². The average molecular weight is 452 g/mol. The normalized spacial score (nSPS) is 10.8. The summed E-state index contributed by atoms with van der Waals surface area (Å²) in [6, 6.07) is 12.3. The first-order chi connectivity index (χ1) is 14.0. The second-order valence-corrected chi connectivity index (χ2v) is 7.69. The summed E-state index contributed by atoms with van der Waals surface area (Å²) < 4.78 is 20.0. The van der Waals surface area contributed by atoms with Gasteiger partial charge in [-0.25, -0.2) is 9.37 Å². The Hall–Kier alpha value is -2.22. The van der Waals surface area contributed by atoms with Crippen molar-refractivity contribution in [1.82, 2.24) is 9.88 Å². The van der Waals surface area contributed by atoms with Crippen LogP contribution in [0.25, 0.3) is 10.2 Å². The van der Waals surface area contributed by atoms with Gasteiger partial charge in [0, 0.05) is 13.1 Å². The van der Waals surface area contributed by atoms with Crippen molar-refractivity contribution < 1.29 is 13.9 Å². The summed E-state index contributed by atoms with van der Waals surface area (Å²) in [5.41, 5.74) is 1.22. The zero-order valence-electron chi connectivity index (χ0n) is 17.4. The van der Waals surface area contributed by atoms with Crippen LogP contribution in [0.3, 0.4) is 0 Å². The molecule has 0 spiro atoms. The molecule has 0 aliphatic heterocycles. The van der Waals surface area contributed by atoms with Crippen molar-refractivity contribution >= 4 is 45.0 Å². The lowest BCUT2D eigenvalue weighted by Gasteiger charge is -2.24. The Balaban J connectivity index is 0.00000320. The summed E-state index contributed by atoms with van der Waals surface area (Å²) >= 11 is 1.35. The molecule has 0 unspecified atom stereocenters. The Morgan fingerprint density at radius 2 is 1.80 bits per heavy atom. The van der Waals surface area contributed by atoms with Gasteiger partial charge in [-0.2, -0.15) is 0 Å². The van der Waals surface area contributed by atoms with E-state index in [1.807, 2.05) is 30.3 Å². The SMILES string of the molecule is CCN(CC)CCN(C(=O)Cc1ccc(OC)cc1)c1nc2c(F)cccc2s1.Cl. The number of hydrogen-bond donors (Lipinski definition) is 0. The maximum absolute atomic E-state index is 14.1. The third-order valence-corrected chi connectivity index (χ3v) is 5.98. The number of thiazole rings is 1. The number of halogens is 2. The van der Waals surface area contributed by atoms with Crippen LogP contribution in [-0.4, -0.2) is 49.1 Å². The third-order valence-electron chi connectivity index (χ3n) is 4.94. The standard InChI is InChI=1S/C22H26FN3O2S.ClH/c1-4-25(5-2)13-14-26(20(27)15-16-9-11-17(28-3)12-10-16)22-24-21-18(23)7-6-8-19(21)29-22;/h6-12H,4-5,13-15H2,1-3H3;1H. The van der Waals surface area contributed by atoms with Crippen LogP contribution < -0.4 is 9.64 Å². The molecule has 0 N–H and O–H groups in total. The minimum Gasteiger partial charge on any atom is -0.497 e. The first-order valence-electron chi connectivity index (χ1n) is 9.76. The lowest BCUT2D eigenvalue weighted by Crippen LogP contribution is -2.39. The fourth-order valence-corrected chi connectivity index (χ4v) is 4.16. The predicted molar refractivity (Wildman–Crippen MR) is 124 cm³/mol. The summed E-state index contributed by atoms with van der Waals surface area (Å²) in [6.45, 7) is 7.26. The van der Waals surface area contributed by atoms with Gasteiger partial charge in [0.1, 0.15) is 17.1 Å². The lowest BCUT2D eigenvalue weighted by atomic mass is 10.1. The van der Waals surface area contributed by atoms with E-state index >= 15 is 0 Å². The van der Waals surface area contributed by atoms with Gasteiger partial charge in [0.25, 0.3) is 0 Å². The number of rotatable bonds is 9. The van der Waals surface area contributed by atoms with Crippen LogP contribution >= 0.6 is 23.7 Å². The van der Waals surface area contributed by atoms with Crippen LogP contribution in [0.5, 0.6) is 5.75 Å². The maximum atomic E-state index is 14.1.